The van der Waals surface area contributed by atoms with Crippen molar-refractivity contribution < 1.29 is 0 Å². The highest BCUT2D eigenvalue weighted by Crippen LogP contribution is 2.36. The lowest BCUT2D eigenvalue weighted by atomic mass is 10.1. The minimum Gasteiger partial charge on any atom is -0.369 e. The number of nitrogens with one attached hydrogen (secondary N) is 1. The van der Waals surface area contributed by atoms with Gasteiger partial charge in [-0.25, -0.2) is 9.97 Å². The van der Waals surface area contributed by atoms with Crippen LogP contribution in [0.3, 0.4) is 0 Å². The fraction of sp³-hybridized carbons (Fsp3) is 0.105. The molecule has 0 unspecified atom stereocenters. The van der Waals surface area contributed by atoms with Crippen molar-refractivity contribution in [2.24, 2.45) is 0 Å². The molecule has 0 radical (unpaired) electrons. The number of aromatic nitrogens is 3. The highest BCUT2D eigenvalue weighted by molar-refractivity contribution is 7.17. The monoisotopic (exact) mass is 332 g/mol. The van der Waals surface area contributed by atoms with Gasteiger partial charge in [0.15, 0.2) is 0 Å². The lowest BCUT2D eigenvalue weighted by Gasteiger charge is -2.08. The lowest BCUT2D eigenvalue weighted by Crippen LogP contribution is -2.07. The van der Waals surface area contributed by atoms with Crippen LogP contribution in [0.1, 0.15) is 5.69 Å². The van der Waals surface area contributed by atoms with Gasteiger partial charge in [-0.15, -0.1) is 11.3 Å². The van der Waals surface area contributed by atoms with Crippen LogP contribution < -0.4 is 5.32 Å². The Morgan fingerprint density at radius 2 is 1.79 bits per heavy atom. The molecule has 24 heavy (non-hydrogen) atoms. The SMILES string of the molecule is c1ccc(-c2csc3ncnc(NCCc4ccccn4)c23)cc1. The van der Waals surface area contributed by atoms with Gasteiger partial charge in [-0.3, -0.25) is 4.98 Å². The summed E-state index contributed by atoms with van der Waals surface area (Å²) < 4.78 is 0. The molecule has 1 aromatic carbocycles. The van der Waals surface area contributed by atoms with Gasteiger partial charge in [0.2, 0.25) is 0 Å². The number of hydrogen-bond donors (Lipinski definition) is 1. The van der Waals surface area contributed by atoms with E-state index in [4.69, 9.17) is 0 Å². The van der Waals surface area contributed by atoms with Gasteiger partial charge in [0.25, 0.3) is 0 Å². The van der Waals surface area contributed by atoms with Crippen LogP contribution in [0.15, 0.2) is 66.4 Å². The second-order valence-electron chi connectivity index (χ2n) is 5.42. The van der Waals surface area contributed by atoms with E-state index >= 15 is 0 Å². The minimum atomic E-state index is 0.785. The normalized spacial score (nSPS) is 10.8. The van der Waals surface area contributed by atoms with Gasteiger partial charge in [0, 0.05) is 35.8 Å². The third-order valence-corrected chi connectivity index (χ3v) is 4.74. The molecule has 0 amide bonds. The zero-order valence-electron chi connectivity index (χ0n) is 13.0. The van der Waals surface area contributed by atoms with Gasteiger partial charge in [0.05, 0.1) is 5.39 Å². The molecule has 5 heteroatoms. The van der Waals surface area contributed by atoms with E-state index in [0.717, 1.165) is 34.7 Å². The molecule has 4 rings (SSSR count). The molecule has 0 aliphatic carbocycles. The van der Waals surface area contributed by atoms with Crippen LogP contribution in [0, 0.1) is 0 Å². The van der Waals surface area contributed by atoms with E-state index in [-0.39, 0.29) is 0 Å². The van der Waals surface area contributed by atoms with Crippen molar-refractivity contribution in [3.05, 3.63) is 72.1 Å². The predicted octanol–water partition coefficient (Wildman–Crippen LogP) is 4.41. The quantitative estimate of drug-likeness (QED) is 0.588. The molecule has 0 atom stereocenters. The Labute approximate surface area is 144 Å². The number of hydrogen-bond acceptors (Lipinski definition) is 5. The number of fused-ring (bicyclic) bond motifs is 1. The summed E-state index contributed by atoms with van der Waals surface area (Å²) in [5.41, 5.74) is 3.44. The highest BCUT2D eigenvalue weighted by Gasteiger charge is 2.12. The van der Waals surface area contributed by atoms with Crippen LogP contribution in [-0.4, -0.2) is 21.5 Å². The number of thiophene rings is 1. The van der Waals surface area contributed by atoms with Crippen LogP contribution in [0.2, 0.25) is 0 Å². The summed E-state index contributed by atoms with van der Waals surface area (Å²) in [5, 5.41) is 6.69. The first-order valence-corrected chi connectivity index (χ1v) is 8.71. The number of benzene rings is 1. The predicted molar refractivity (Wildman–Crippen MR) is 99.3 cm³/mol. The van der Waals surface area contributed by atoms with Gasteiger partial charge in [0.1, 0.15) is 17.0 Å². The van der Waals surface area contributed by atoms with Crippen molar-refractivity contribution >= 4 is 27.4 Å². The van der Waals surface area contributed by atoms with Gasteiger partial charge in [-0.1, -0.05) is 36.4 Å². The van der Waals surface area contributed by atoms with Gasteiger partial charge >= 0.3 is 0 Å². The second-order valence-corrected chi connectivity index (χ2v) is 6.27. The van der Waals surface area contributed by atoms with E-state index < -0.39 is 0 Å². The van der Waals surface area contributed by atoms with Crippen molar-refractivity contribution in [3.63, 3.8) is 0 Å². The molecule has 118 valence electrons. The molecule has 1 N–H and O–H groups in total. The number of anilines is 1. The van der Waals surface area contributed by atoms with E-state index in [1.54, 1.807) is 17.7 Å². The first-order valence-electron chi connectivity index (χ1n) is 7.83. The van der Waals surface area contributed by atoms with E-state index in [0.29, 0.717) is 0 Å². The number of nitrogens with zero attached hydrogens (tertiary/aromatic N) is 3. The van der Waals surface area contributed by atoms with Crippen LogP contribution >= 0.6 is 11.3 Å². The van der Waals surface area contributed by atoms with Crippen LogP contribution in [-0.2, 0) is 6.42 Å². The maximum absolute atomic E-state index is 4.46. The maximum Gasteiger partial charge on any atom is 0.138 e. The van der Waals surface area contributed by atoms with Crippen LogP contribution in [0.5, 0.6) is 0 Å². The van der Waals surface area contributed by atoms with E-state index in [9.17, 15) is 0 Å². The average Bonchev–Trinajstić information content (AvgIpc) is 3.08. The largest absolute Gasteiger partial charge is 0.369 e. The van der Waals surface area contributed by atoms with Gasteiger partial charge in [-0.2, -0.15) is 0 Å². The summed E-state index contributed by atoms with van der Waals surface area (Å²) in [6.07, 6.45) is 4.30. The maximum atomic E-state index is 4.46. The van der Waals surface area contributed by atoms with Crippen molar-refractivity contribution in [3.8, 4) is 11.1 Å². The molecule has 4 aromatic rings. The number of rotatable bonds is 5. The Hall–Kier alpha value is -2.79. The summed E-state index contributed by atoms with van der Waals surface area (Å²) in [6.45, 7) is 0.785. The summed E-state index contributed by atoms with van der Waals surface area (Å²) in [7, 11) is 0. The van der Waals surface area contributed by atoms with Crippen molar-refractivity contribution in [1.29, 1.82) is 0 Å². The van der Waals surface area contributed by atoms with Crippen molar-refractivity contribution in [2.75, 3.05) is 11.9 Å². The topological polar surface area (TPSA) is 50.7 Å². The first-order chi connectivity index (χ1) is 11.9. The molecule has 0 saturated carbocycles. The van der Waals surface area contributed by atoms with Gasteiger partial charge in [-0.05, 0) is 17.7 Å². The Kier molecular flexibility index (Phi) is 4.16. The lowest BCUT2D eigenvalue weighted by molar-refractivity contribution is 0.954. The summed E-state index contributed by atoms with van der Waals surface area (Å²) in [4.78, 5) is 14.2. The molecule has 3 heterocycles. The smallest absolute Gasteiger partial charge is 0.138 e. The Morgan fingerprint density at radius 1 is 0.917 bits per heavy atom. The first kappa shape index (κ1) is 14.8. The third kappa shape index (κ3) is 2.98. The molecule has 0 spiro atoms. The molecule has 0 saturated heterocycles. The molecule has 0 bridgehead atoms. The zero-order valence-corrected chi connectivity index (χ0v) is 13.8. The van der Waals surface area contributed by atoms with E-state index in [2.05, 4.69) is 49.9 Å². The average molecular weight is 332 g/mol. The fourth-order valence-corrected chi connectivity index (χ4v) is 3.61. The van der Waals surface area contributed by atoms with Crippen molar-refractivity contribution in [2.45, 2.75) is 6.42 Å². The van der Waals surface area contributed by atoms with Crippen molar-refractivity contribution in [1.82, 2.24) is 15.0 Å². The number of pyridine rings is 1. The zero-order chi connectivity index (χ0) is 16.2. The summed E-state index contributed by atoms with van der Waals surface area (Å²) in [5.74, 6) is 0.885. The molecule has 0 aliphatic heterocycles. The van der Waals surface area contributed by atoms with E-state index in [1.807, 2.05) is 30.5 Å². The third-order valence-electron chi connectivity index (χ3n) is 3.85. The molecule has 3 aromatic heterocycles. The molecular formula is C19H16N4S. The van der Waals surface area contributed by atoms with Crippen LogP contribution in [0.25, 0.3) is 21.3 Å². The van der Waals surface area contributed by atoms with Crippen LogP contribution in [0.4, 0.5) is 5.82 Å². The van der Waals surface area contributed by atoms with E-state index in [1.165, 1.54) is 11.1 Å². The minimum absolute atomic E-state index is 0.785. The Bertz CT molecular complexity index is 935. The molecular weight excluding hydrogens is 316 g/mol. The summed E-state index contributed by atoms with van der Waals surface area (Å²) in [6, 6.07) is 16.4. The van der Waals surface area contributed by atoms with Gasteiger partial charge < -0.3 is 5.32 Å². The standard InChI is InChI=1S/C19H16N4S/c1-2-6-14(7-3-1)16-12-24-19-17(16)18(22-13-23-19)21-11-9-15-8-4-5-10-20-15/h1-8,10,12-13H,9,11H2,(H,21,22,23). The Morgan fingerprint density at radius 3 is 2.62 bits per heavy atom. The molecule has 0 aliphatic rings. The molecule has 4 nitrogen and oxygen atoms in total. The Balaban J connectivity index is 1.62. The summed E-state index contributed by atoms with van der Waals surface area (Å²) >= 11 is 1.65. The highest BCUT2D eigenvalue weighted by atomic mass is 32.1. The molecule has 0 fully saturated rings. The second kappa shape index (κ2) is 6.76. The fourth-order valence-electron chi connectivity index (χ4n) is 2.69.